The Balaban J connectivity index is 2.61. The van der Waals surface area contributed by atoms with Crippen LogP contribution >= 0.6 is 0 Å². The summed E-state index contributed by atoms with van der Waals surface area (Å²) in [6, 6.07) is 11.6. The Labute approximate surface area is 230 Å². The van der Waals surface area contributed by atoms with Crippen molar-refractivity contribution in [3.63, 3.8) is 0 Å². The van der Waals surface area contributed by atoms with Gasteiger partial charge in [0.2, 0.25) is 11.8 Å². The molecule has 0 saturated heterocycles. The number of unbranched alkanes of at least 4 members (excludes halogenated alkanes) is 1. The number of anilines is 1. The van der Waals surface area contributed by atoms with E-state index in [1.807, 2.05) is 26.0 Å². The Morgan fingerprint density at radius 1 is 1.08 bits per heavy atom. The molecule has 2 atom stereocenters. The number of nitrogens with two attached hydrogens (primary N) is 1. The van der Waals surface area contributed by atoms with Crippen LogP contribution in [-0.2, 0) is 19.1 Å². The molecule has 9 nitrogen and oxygen atoms in total. The molecule has 0 spiro atoms. The number of carbonyl (C=O) groups excluding carboxylic acids is 4. The third kappa shape index (κ3) is 9.18. The maximum Gasteiger partial charge on any atom is 0.408 e. The molecule has 2 aromatic rings. The van der Waals surface area contributed by atoms with Crippen LogP contribution in [-0.4, -0.2) is 46.9 Å². The number of benzene rings is 2. The average molecular weight is 535 g/mol. The minimum Gasteiger partial charge on any atom is -0.444 e. The molecule has 0 saturated carbocycles. The smallest absolute Gasteiger partial charge is 0.408 e. The molecule has 39 heavy (non-hydrogen) atoms. The van der Waals surface area contributed by atoms with E-state index in [1.54, 1.807) is 57.2 Å². The van der Waals surface area contributed by atoms with Crippen molar-refractivity contribution in [3.05, 3.63) is 65.2 Å². The molecule has 2 unspecified atom stereocenters. The normalized spacial score (nSPS) is 12.4. The molecule has 0 aliphatic heterocycles. The lowest BCUT2D eigenvalue weighted by Crippen LogP contribution is -2.53. The summed E-state index contributed by atoms with van der Waals surface area (Å²) in [5.74, 6) is 0.636. The summed E-state index contributed by atoms with van der Waals surface area (Å²) in [4.78, 5) is 53.8. The summed E-state index contributed by atoms with van der Waals surface area (Å²) in [6.45, 7) is 8.98. The molecule has 0 fully saturated rings. The van der Waals surface area contributed by atoms with E-state index in [4.69, 9.17) is 16.9 Å². The number of primary amides is 1. The largest absolute Gasteiger partial charge is 0.444 e. The number of nitrogens with zero attached hydrogens (tertiary/aromatic N) is 1. The number of hydrogen-bond donors (Lipinski definition) is 3. The van der Waals surface area contributed by atoms with Crippen molar-refractivity contribution >= 4 is 29.5 Å². The fourth-order valence-electron chi connectivity index (χ4n) is 3.98. The Kier molecular flexibility index (Phi) is 11.1. The van der Waals surface area contributed by atoms with Crippen LogP contribution in [0.4, 0.5) is 10.5 Å². The summed E-state index contributed by atoms with van der Waals surface area (Å²) < 4.78 is 5.30. The Morgan fingerprint density at radius 3 is 2.31 bits per heavy atom. The van der Waals surface area contributed by atoms with Crippen LogP contribution < -0.4 is 16.4 Å². The first kappa shape index (κ1) is 30.9. The second-order valence-corrected chi connectivity index (χ2v) is 10.2. The fourth-order valence-corrected chi connectivity index (χ4v) is 3.98. The van der Waals surface area contributed by atoms with Crippen LogP contribution in [0.2, 0.25) is 0 Å². The van der Waals surface area contributed by atoms with Crippen LogP contribution in [0.25, 0.3) is 0 Å². The molecule has 0 radical (unpaired) electrons. The van der Waals surface area contributed by atoms with Gasteiger partial charge in [0.1, 0.15) is 17.7 Å². The van der Waals surface area contributed by atoms with Gasteiger partial charge in [-0.15, -0.1) is 6.42 Å². The van der Waals surface area contributed by atoms with E-state index >= 15 is 0 Å². The molecular formula is C30H38N4O5. The monoisotopic (exact) mass is 534 g/mol. The maximum absolute atomic E-state index is 14.0. The third-order valence-corrected chi connectivity index (χ3v) is 5.80. The summed E-state index contributed by atoms with van der Waals surface area (Å²) in [5.41, 5.74) is 6.88. The lowest BCUT2D eigenvalue weighted by atomic mass is 9.96. The first-order valence-corrected chi connectivity index (χ1v) is 12.9. The van der Waals surface area contributed by atoms with Gasteiger partial charge in [-0.1, -0.05) is 55.7 Å². The zero-order valence-electron chi connectivity index (χ0n) is 23.2. The van der Waals surface area contributed by atoms with Gasteiger partial charge in [-0.05, 0) is 57.4 Å². The number of alkyl carbamates (subject to hydrolysis) is 1. The molecule has 0 bridgehead atoms. The van der Waals surface area contributed by atoms with Crippen molar-refractivity contribution < 1.29 is 23.9 Å². The zero-order chi connectivity index (χ0) is 29.2. The van der Waals surface area contributed by atoms with Gasteiger partial charge in [-0.25, -0.2) is 4.79 Å². The molecule has 9 heteroatoms. The highest BCUT2D eigenvalue weighted by atomic mass is 16.6. The molecule has 0 aliphatic carbocycles. The van der Waals surface area contributed by atoms with Gasteiger partial charge in [0.25, 0.3) is 5.91 Å². The predicted molar refractivity (Wildman–Crippen MR) is 151 cm³/mol. The van der Waals surface area contributed by atoms with Crippen LogP contribution in [0, 0.1) is 19.3 Å². The van der Waals surface area contributed by atoms with Crippen molar-refractivity contribution in [2.75, 3.05) is 11.9 Å². The number of carbonyl (C=O) groups is 4. The molecule has 0 aromatic heterocycles. The van der Waals surface area contributed by atoms with Crippen molar-refractivity contribution in [2.24, 2.45) is 5.73 Å². The number of ether oxygens (including phenoxy) is 1. The maximum atomic E-state index is 14.0. The van der Waals surface area contributed by atoms with Crippen molar-refractivity contribution in [1.82, 2.24) is 10.2 Å². The van der Waals surface area contributed by atoms with Gasteiger partial charge in [0.15, 0.2) is 0 Å². The van der Waals surface area contributed by atoms with Gasteiger partial charge in [0.05, 0.1) is 6.42 Å². The van der Waals surface area contributed by atoms with E-state index in [0.29, 0.717) is 29.7 Å². The van der Waals surface area contributed by atoms with Crippen LogP contribution in [0.15, 0.2) is 48.5 Å². The highest BCUT2D eigenvalue weighted by Crippen LogP contribution is 2.28. The lowest BCUT2D eigenvalue weighted by Gasteiger charge is -2.35. The van der Waals surface area contributed by atoms with Crippen molar-refractivity contribution in [1.29, 1.82) is 0 Å². The minimum atomic E-state index is -1.36. The number of aryl methyl sites for hydroxylation is 1. The van der Waals surface area contributed by atoms with Gasteiger partial charge in [-0.3, -0.25) is 14.4 Å². The Hall–Kier alpha value is -4.32. The molecule has 208 valence electrons. The number of hydrogen-bond acceptors (Lipinski definition) is 5. The van der Waals surface area contributed by atoms with E-state index in [0.717, 1.165) is 5.56 Å². The molecule has 0 aliphatic rings. The number of terminal acetylenes is 1. The summed E-state index contributed by atoms with van der Waals surface area (Å²) >= 11 is 0. The minimum absolute atomic E-state index is 0.158. The fraction of sp³-hybridized carbons (Fsp3) is 0.400. The molecule has 4 amide bonds. The number of para-hydroxylation sites is 1. The predicted octanol–water partition coefficient (Wildman–Crippen LogP) is 4.05. The molecule has 2 rings (SSSR count). The van der Waals surface area contributed by atoms with Crippen molar-refractivity contribution in [3.8, 4) is 12.3 Å². The van der Waals surface area contributed by atoms with E-state index < -0.39 is 47.9 Å². The standard InChI is InChI=1S/C30H38N4O5/c1-7-9-18-34(28(37)24(19-25(31)35)33-29(38)39-30(4,5)6)26(22-16-12-11-15-21(22)8-2)27(36)32-23-17-13-10-14-20(23)3/h2,10-17,24,26H,7,9,18-19H2,1,3-6H3,(H2,31,35)(H,32,36)(H,33,38). The lowest BCUT2D eigenvalue weighted by molar-refractivity contribution is -0.142. The van der Waals surface area contributed by atoms with E-state index in [2.05, 4.69) is 16.6 Å². The van der Waals surface area contributed by atoms with Gasteiger partial charge >= 0.3 is 6.09 Å². The first-order chi connectivity index (χ1) is 18.4. The molecule has 0 heterocycles. The highest BCUT2D eigenvalue weighted by Gasteiger charge is 2.37. The van der Waals surface area contributed by atoms with Gasteiger partial charge < -0.3 is 26.0 Å². The quantitative estimate of drug-likeness (QED) is 0.374. The topological polar surface area (TPSA) is 131 Å². The summed E-state index contributed by atoms with van der Waals surface area (Å²) in [7, 11) is 0. The molecular weight excluding hydrogens is 496 g/mol. The highest BCUT2D eigenvalue weighted by molar-refractivity contribution is 6.00. The third-order valence-electron chi connectivity index (χ3n) is 5.80. The number of rotatable bonds is 11. The van der Waals surface area contributed by atoms with Gasteiger partial charge in [0, 0.05) is 17.8 Å². The molecule has 4 N–H and O–H groups in total. The van der Waals surface area contributed by atoms with E-state index in [9.17, 15) is 19.2 Å². The first-order valence-electron chi connectivity index (χ1n) is 12.9. The SMILES string of the molecule is C#Cc1ccccc1C(C(=O)Nc1ccccc1C)N(CCCC)C(=O)C(CC(N)=O)NC(=O)OC(C)(C)C. The second kappa shape index (κ2) is 14.0. The van der Waals surface area contributed by atoms with E-state index in [1.165, 1.54) is 4.90 Å². The molecule has 2 aromatic carbocycles. The second-order valence-electron chi connectivity index (χ2n) is 10.2. The summed E-state index contributed by atoms with van der Waals surface area (Å²) in [5, 5.41) is 5.39. The number of nitrogens with one attached hydrogen (secondary N) is 2. The van der Waals surface area contributed by atoms with Crippen LogP contribution in [0.3, 0.4) is 0 Å². The Morgan fingerprint density at radius 2 is 1.72 bits per heavy atom. The Bertz CT molecular complexity index is 1230. The summed E-state index contributed by atoms with van der Waals surface area (Å²) in [6.07, 6.45) is 5.67. The van der Waals surface area contributed by atoms with Crippen molar-refractivity contribution in [2.45, 2.75) is 71.6 Å². The van der Waals surface area contributed by atoms with E-state index in [-0.39, 0.29) is 6.54 Å². The van der Waals surface area contributed by atoms with Crippen LogP contribution in [0.5, 0.6) is 0 Å². The zero-order valence-corrected chi connectivity index (χ0v) is 23.2. The van der Waals surface area contributed by atoms with Gasteiger partial charge in [-0.2, -0.15) is 0 Å². The van der Waals surface area contributed by atoms with Crippen LogP contribution in [0.1, 0.15) is 69.7 Å². The number of amides is 4. The average Bonchev–Trinajstić information content (AvgIpc) is 2.85.